The number of ether oxygens (including phenoxy) is 1. The molecular weight excluding hydrogens is 322 g/mol. The van der Waals surface area contributed by atoms with Gasteiger partial charge >= 0.3 is 0 Å². The first-order valence-corrected chi connectivity index (χ1v) is 8.05. The zero-order valence-corrected chi connectivity index (χ0v) is 14.0. The molecule has 24 heavy (non-hydrogen) atoms. The molecule has 0 amide bonds. The third-order valence-electron chi connectivity index (χ3n) is 3.55. The maximum atomic E-state index is 12.2. The predicted octanol–water partition coefficient (Wildman–Crippen LogP) is 5.18. The minimum Gasteiger partial charge on any atom is -0.494 e. The molecular formula is C20H16ClNO2. The molecule has 1 aromatic heterocycles. The number of carbonyl (C=O) groups excluding carboxylic acids is 1. The first-order chi connectivity index (χ1) is 11.7. The predicted molar refractivity (Wildman–Crippen MR) is 97.7 cm³/mol. The molecule has 0 unspecified atom stereocenters. The van der Waals surface area contributed by atoms with Crippen molar-refractivity contribution in [3.8, 4) is 5.75 Å². The fourth-order valence-corrected chi connectivity index (χ4v) is 2.59. The number of rotatable bonds is 5. The van der Waals surface area contributed by atoms with Crippen LogP contribution in [-0.4, -0.2) is 17.4 Å². The third kappa shape index (κ3) is 3.63. The van der Waals surface area contributed by atoms with Gasteiger partial charge in [0.25, 0.3) is 0 Å². The van der Waals surface area contributed by atoms with Crippen LogP contribution in [0.5, 0.6) is 5.75 Å². The van der Waals surface area contributed by atoms with Crippen LogP contribution >= 0.6 is 11.6 Å². The Bertz CT molecular complexity index is 904. The lowest BCUT2D eigenvalue weighted by molar-refractivity contribution is 0.104. The van der Waals surface area contributed by atoms with Crippen LogP contribution in [0.15, 0.2) is 60.7 Å². The van der Waals surface area contributed by atoms with Gasteiger partial charge in [0.05, 0.1) is 12.1 Å². The van der Waals surface area contributed by atoms with Crippen molar-refractivity contribution in [2.75, 3.05) is 6.61 Å². The topological polar surface area (TPSA) is 39.2 Å². The summed E-state index contributed by atoms with van der Waals surface area (Å²) in [7, 11) is 0. The quantitative estimate of drug-likeness (QED) is 0.365. The summed E-state index contributed by atoms with van der Waals surface area (Å²) in [6.45, 7) is 2.54. The van der Waals surface area contributed by atoms with E-state index in [4.69, 9.17) is 16.3 Å². The second-order valence-corrected chi connectivity index (χ2v) is 5.58. The fourth-order valence-electron chi connectivity index (χ4n) is 2.38. The van der Waals surface area contributed by atoms with Crippen molar-refractivity contribution in [2.24, 2.45) is 0 Å². The van der Waals surface area contributed by atoms with Gasteiger partial charge in [-0.05, 0) is 43.3 Å². The van der Waals surface area contributed by atoms with Gasteiger partial charge in [0.1, 0.15) is 10.9 Å². The molecule has 0 aliphatic heterocycles. The number of nitrogens with zero attached hydrogens (tertiary/aromatic N) is 1. The Hall–Kier alpha value is -2.65. The lowest BCUT2D eigenvalue weighted by Gasteiger charge is -2.06. The van der Waals surface area contributed by atoms with E-state index in [9.17, 15) is 4.79 Å². The molecule has 0 radical (unpaired) electrons. The van der Waals surface area contributed by atoms with Crippen LogP contribution in [0, 0.1) is 0 Å². The van der Waals surface area contributed by atoms with Crippen molar-refractivity contribution in [3.63, 3.8) is 0 Å². The van der Waals surface area contributed by atoms with E-state index in [0.717, 1.165) is 16.7 Å². The fraction of sp³-hybridized carbons (Fsp3) is 0.100. The maximum Gasteiger partial charge on any atom is 0.185 e. The SMILES string of the molecule is CCOc1ccc2nc(Cl)c(/C=C/C(=O)c3ccccc3)cc2c1. The third-order valence-corrected chi connectivity index (χ3v) is 3.85. The van der Waals surface area contributed by atoms with E-state index in [1.807, 2.05) is 49.4 Å². The highest BCUT2D eigenvalue weighted by atomic mass is 35.5. The molecule has 0 aliphatic carbocycles. The van der Waals surface area contributed by atoms with Crippen molar-refractivity contribution in [2.45, 2.75) is 6.92 Å². The molecule has 0 saturated heterocycles. The number of aromatic nitrogens is 1. The highest BCUT2D eigenvalue weighted by molar-refractivity contribution is 6.31. The first-order valence-electron chi connectivity index (χ1n) is 7.68. The molecule has 0 spiro atoms. The van der Waals surface area contributed by atoms with Crippen LogP contribution in [0.2, 0.25) is 5.15 Å². The number of fused-ring (bicyclic) bond motifs is 1. The summed E-state index contributed by atoms with van der Waals surface area (Å²) in [6, 6.07) is 16.7. The van der Waals surface area contributed by atoms with E-state index in [-0.39, 0.29) is 5.78 Å². The van der Waals surface area contributed by atoms with E-state index in [1.165, 1.54) is 6.08 Å². The number of halogens is 1. The van der Waals surface area contributed by atoms with Gasteiger partial charge in [0.15, 0.2) is 5.78 Å². The summed E-state index contributed by atoms with van der Waals surface area (Å²) in [4.78, 5) is 16.5. The largest absolute Gasteiger partial charge is 0.494 e. The summed E-state index contributed by atoms with van der Waals surface area (Å²) in [6.07, 6.45) is 3.20. The molecule has 1 heterocycles. The van der Waals surface area contributed by atoms with E-state index in [2.05, 4.69) is 4.98 Å². The molecule has 0 bridgehead atoms. The lowest BCUT2D eigenvalue weighted by Crippen LogP contribution is -1.94. The van der Waals surface area contributed by atoms with Crippen LogP contribution in [0.3, 0.4) is 0 Å². The van der Waals surface area contributed by atoms with Gasteiger partial charge in [-0.1, -0.05) is 41.9 Å². The monoisotopic (exact) mass is 337 g/mol. The zero-order valence-electron chi connectivity index (χ0n) is 13.2. The Morgan fingerprint density at radius 1 is 1.17 bits per heavy atom. The Morgan fingerprint density at radius 3 is 2.71 bits per heavy atom. The number of ketones is 1. The summed E-state index contributed by atoms with van der Waals surface area (Å²) < 4.78 is 5.51. The molecule has 120 valence electrons. The molecule has 0 N–H and O–H groups in total. The number of hydrogen-bond acceptors (Lipinski definition) is 3. The molecule has 0 saturated carbocycles. The molecule has 3 nitrogen and oxygen atoms in total. The molecule has 4 heteroatoms. The highest BCUT2D eigenvalue weighted by Crippen LogP contribution is 2.25. The van der Waals surface area contributed by atoms with Crippen LogP contribution in [0.25, 0.3) is 17.0 Å². The zero-order chi connectivity index (χ0) is 16.9. The van der Waals surface area contributed by atoms with Gasteiger partial charge in [0.2, 0.25) is 0 Å². The molecule has 3 aromatic rings. The number of hydrogen-bond donors (Lipinski definition) is 0. The Morgan fingerprint density at radius 2 is 1.96 bits per heavy atom. The Kier molecular flexibility index (Phi) is 4.92. The van der Waals surface area contributed by atoms with Gasteiger partial charge < -0.3 is 4.74 Å². The van der Waals surface area contributed by atoms with Gasteiger partial charge in [-0.2, -0.15) is 0 Å². The van der Waals surface area contributed by atoms with E-state index < -0.39 is 0 Å². The molecule has 0 atom stereocenters. The standard InChI is InChI=1S/C20H16ClNO2/c1-2-24-17-9-10-18-16(13-17)12-15(20(21)22-18)8-11-19(23)14-6-4-3-5-7-14/h3-13H,2H2,1H3/b11-8+. The molecule has 3 rings (SSSR count). The minimum absolute atomic E-state index is 0.0742. The van der Waals surface area contributed by atoms with Crippen LogP contribution < -0.4 is 4.74 Å². The molecule has 0 fully saturated rings. The lowest BCUT2D eigenvalue weighted by atomic mass is 10.1. The second-order valence-electron chi connectivity index (χ2n) is 5.22. The van der Waals surface area contributed by atoms with Crippen LogP contribution in [0.4, 0.5) is 0 Å². The molecule has 0 aliphatic rings. The second kappa shape index (κ2) is 7.28. The van der Waals surface area contributed by atoms with E-state index in [0.29, 0.717) is 22.9 Å². The van der Waals surface area contributed by atoms with Crippen molar-refractivity contribution in [1.82, 2.24) is 4.98 Å². The van der Waals surface area contributed by atoms with E-state index >= 15 is 0 Å². The number of allylic oxidation sites excluding steroid dienone is 1. The van der Waals surface area contributed by atoms with E-state index in [1.54, 1.807) is 18.2 Å². The Labute approximate surface area is 145 Å². The van der Waals surface area contributed by atoms with Gasteiger partial charge in [-0.25, -0.2) is 4.98 Å². The first kappa shape index (κ1) is 16.2. The maximum absolute atomic E-state index is 12.2. The highest BCUT2D eigenvalue weighted by Gasteiger charge is 2.06. The van der Waals surface area contributed by atoms with Gasteiger partial charge in [-0.3, -0.25) is 4.79 Å². The Balaban J connectivity index is 1.92. The smallest absolute Gasteiger partial charge is 0.185 e. The van der Waals surface area contributed by atoms with Crippen LogP contribution in [0.1, 0.15) is 22.8 Å². The average Bonchev–Trinajstić information content (AvgIpc) is 2.61. The average molecular weight is 338 g/mol. The van der Waals surface area contributed by atoms with Crippen molar-refractivity contribution < 1.29 is 9.53 Å². The number of pyridine rings is 1. The summed E-state index contributed by atoms with van der Waals surface area (Å²) in [5.41, 5.74) is 2.12. The molecule has 2 aromatic carbocycles. The summed E-state index contributed by atoms with van der Waals surface area (Å²) in [5, 5.41) is 1.28. The van der Waals surface area contributed by atoms with Gasteiger partial charge in [0, 0.05) is 16.5 Å². The van der Waals surface area contributed by atoms with Gasteiger partial charge in [-0.15, -0.1) is 0 Å². The summed E-state index contributed by atoms with van der Waals surface area (Å²) >= 11 is 6.23. The normalized spacial score (nSPS) is 11.1. The number of carbonyl (C=O) groups is 1. The van der Waals surface area contributed by atoms with Crippen molar-refractivity contribution >= 4 is 34.4 Å². The summed E-state index contributed by atoms with van der Waals surface area (Å²) in [5.74, 6) is 0.708. The van der Waals surface area contributed by atoms with Crippen LogP contribution in [-0.2, 0) is 0 Å². The van der Waals surface area contributed by atoms with Crippen molar-refractivity contribution in [1.29, 1.82) is 0 Å². The number of benzene rings is 2. The van der Waals surface area contributed by atoms with Crippen molar-refractivity contribution in [3.05, 3.63) is 77.0 Å². The minimum atomic E-state index is -0.0742.